The lowest BCUT2D eigenvalue weighted by Gasteiger charge is -2.33. The number of rotatable bonds is 9. The molecule has 0 amide bonds. The molecule has 0 aromatic heterocycles. The largest absolute Gasteiger partial charge is 0.501 e. The Hall–Kier alpha value is -0.0631. The Balaban J connectivity index is 1.71. The number of piperazine rings is 2. The van der Waals surface area contributed by atoms with Crippen molar-refractivity contribution in [2.24, 2.45) is 0 Å². The van der Waals surface area contributed by atoms with Gasteiger partial charge in [0.25, 0.3) is 0 Å². The van der Waals surface area contributed by atoms with Crippen molar-refractivity contribution in [3.8, 4) is 0 Å². The minimum absolute atomic E-state index is 0.614. The van der Waals surface area contributed by atoms with E-state index in [4.69, 9.17) is 13.3 Å². The summed E-state index contributed by atoms with van der Waals surface area (Å²) in [4.78, 5) is 4.81. The van der Waals surface area contributed by atoms with E-state index in [-0.39, 0.29) is 0 Å². The predicted molar refractivity (Wildman–Crippen MR) is 88.9 cm³/mol. The third-order valence-corrected chi connectivity index (χ3v) is 7.24. The molecule has 0 bridgehead atoms. The monoisotopic (exact) mass is 332 g/mol. The van der Waals surface area contributed by atoms with E-state index in [1.54, 1.807) is 14.2 Å². The van der Waals surface area contributed by atoms with Gasteiger partial charge in [0.05, 0.1) is 6.73 Å². The first kappa shape index (κ1) is 18.3. The van der Waals surface area contributed by atoms with Crippen LogP contribution < -0.4 is 10.6 Å². The van der Waals surface area contributed by atoms with Crippen LogP contribution in [0.15, 0.2) is 0 Å². The van der Waals surface area contributed by atoms with Crippen LogP contribution in [0.1, 0.15) is 6.42 Å². The van der Waals surface area contributed by atoms with E-state index >= 15 is 0 Å². The summed E-state index contributed by atoms with van der Waals surface area (Å²) in [6.07, 6.45) is 1.06. The fourth-order valence-corrected chi connectivity index (χ4v) is 4.89. The van der Waals surface area contributed by atoms with Gasteiger partial charge < -0.3 is 28.8 Å². The molecule has 0 atom stereocenters. The molecule has 2 fully saturated rings. The van der Waals surface area contributed by atoms with Gasteiger partial charge in [-0.3, -0.25) is 4.90 Å². The van der Waals surface area contributed by atoms with Gasteiger partial charge in [-0.25, -0.2) is 0 Å². The first-order chi connectivity index (χ1) is 10.8. The molecule has 0 spiro atoms. The van der Waals surface area contributed by atoms with Crippen LogP contribution in [-0.2, 0) is 13.3 Å². The quantitative estimate of drug-likeness (QED) is 0.547. The molecule has 2 rings (SSSR count). The van der Waals surface area contributed by atoms with E-state index < -0.39 is 8.80 Å². The average Bonchev–Trinajstić information content (AvgIpc) is 2.60. The average molecular weight is 333 g/mol. The Kier molecular flexibility index (Phi) is 8.26. The van der Waals surface area contributed by atoms with Crippen LogP contribution in [0, 0.1) is 0 Å². The highest BCUT2D eigenvalue weighted by molar-refractivity contribution is 6.60. The Morgan fingerprint density at radius 3 is 1.95 bits per heavy atom. The molecule has 0 aromatic carbocycles. The maximum Gasteiger partial charge on any atom is 0.501 e. The lowest BCUT2D eigenvalue weighted by molar-refractivity contribution is 0.0314. The van der Waals surface area contributed by atoms with Crippen molar-refractivity contribution >= 4 is 8.80 Å². The maximum atomic E-state index is 6.12. The normalized spacial score (nSPS) is 22.1. The number of nitrogens with zero attached hydrogens (tertiary/aromatic N) is 2. The SMILES string of the molecule is CO[Si](CCCN1CCNCC1)(OC)OCN1CCNCC1. The van der Waals surface area contributed by atoms with Gasteiger partial charge in [0.1, 0.15) is 0 Å². The molecule has 2 aliphatic heterocycles. The summed E-state index contributed by atoms with van der Waals surface area (Å²) >= 11 is 0. The zero-order valence-electron chi connectivity index (χ0n) is 14.1. The van der Waals surface area contributed by atoms with E-state index in [0.717, 1.165) is 71.4 Å². The van der Waals surface area contributed by atoms with Crippen molar-refractivity contribution < 1.29 is 13.3 Å². The molecule has 7 nitrogen and oxygen atoms in total. The minimum Gasteiger partial charge on any atom is -0.377 e. The van der Waals surface area contributed by atoms with Crippen LogP contribution in [0.25, 0.3) is 0 Å². The zero-order valence-corrected chi connectivity index (χ0v) is 15.1. The van der Waals surface area contributed by atoms with Crippen LogP contribution >= 0.6 is 0 Å². The predicted octanol–water partition coefficient (Wildman–Crippen LogP) is -0.607. The highest BCUT2D eigenvalue weighted by Gasteiger charge is 2.39. The Morgan fingerprint density at radius 2 is 1.41 bits per heavy atom. The molecule has 0 aromatic rings. The Labute approximate surface area is 135 Å². The summed E-state index contributed by atoms with van der Waals surface area (Å²) in [5.74, 6) is 0. The second-order valence-electron chi connectivity index (χ2n) is 5.93. The first-order valence-corrected chi connectivity index (χ1v) is 10.3. The lowest BCUT2D eigenvalue weighted by atomic mass is 10.3. The third kappa shape index (κ3) is 5.86. The summed E-state index contributed by atoms with van der Waals surface area (Å²) in [5, 5.41) is 6.73. The second kappa shape index (κ2) is 9.94. The smallest absolute Gasteiger partial charge is 0.377 e. The zero-order chi connectivity index (χ0) is 15.7. The maximum absolute atomic E-state index is 6.12. The van der Waals surface area contributed by atoms with Crippen LogP contribution in [-0.4, -0.2) is 98.5 Å². The molecule has 2 heterocycles. The molecule has 22 heavy (non-hydrogen) atoms. The molecule has 2 aliphatic rings. The molecular formula is C14H32N4O3Si. The van der Waals surface area contributed by atoms with Gasteiger partial charge in [-0.15, -0.1) is 0 Å². The molecule has 8 heteroatoms. The summed E-state index contributed by atoms with van der Waals surface area (Å²) in [5.41, 5.74) is 0. The van der Waals surface area contributed by atoms with Gasteiger partial charge in [-0.1, -0.05) is 0 Å². The van der Waals surface area contributed by atoms with E-state index in [2.05, 4.69) is 20.4 Å². The molecule has 2 saturated heterocycles. The summed E-state index contributed by atoms with van der Waals surface area (Å²) in [7, 11) is 0.925. The Morgan fingerprint density at radius 1 is 0.864 bits per heavy atom. The summed E-state index contributed by atoms with van der Waals surface area (Å²) in [6, 6.07) is 0.885. The van der Waals surface area contributed by atoms with Crippen molar-refractivity contribution in [1.29, 1.82) is 0 Å². The number of hydrogen-bond acceptors (Lipinski definition) is 7. The van der Waals surface area contributed by atoms with Gasteiger partial charge in [-0.2, -0.15) is 0 Å². The molecule has 2 N–H and O–H groups in total. The molecule has 0 saturated carbocycles. The van der Waals surface area contributed by atoms with Crippen molar-refractivity contribution in [2.45, 2.75) is 12.5 Å². The molecule has 0 unspecified atom stereocenters. The van der Waals surface area contributed by atoms with E-state index in [1.807, 2.05) is 0 Å². The van der Waals surface area contributed by atoms with Gasteiger partial charge in [0.15, 0.2) is 0 Å². The second-order valence-corrected chi connectivity index (χ2v) is 8.90. The van der Waals surface area contributed by atoms with E-state index in [1.165, 1.54) is 0 Å². The van der Waals surface area contributed by atoms with Crippen LogP contribution in [0.5, 0.6) is 0 Å². The summed E-state index contributed by atoms with van der Waals surface area (Å²) < 4.78 is 17.5. The first-order valence-electron chi connectivity index (χ1n) is 8.38. The molecular weight excluding hydrogens is 300 g/mol. The third-order valence-electron chi connectivity index (χ3n) is 4.47. The lowest BCUT2D eigenvalue weighted by Crippen LogP contribution is -2.50. The van der Waals surface area contributed by atoms with Crippen LogP contribution in [0.4, 0.5) is 0 Å². The number of hydrogen-bond donors (Lipinski definition) is 2. The van der Waals surface area contributed by atoms with Crippen molar-refractivity contribution in [1.82, 2.24) is 20.4 Å². The van der Waals surface area contributed by atoms with Gasteiger partial charge in [0, 0.05) is 72.6 Å². The van der Waals surface area contributed by atoms with Gasteiger partial charge in [0.2, 0.25) is 0 Å². The van der Waals surface area contributed by atoms with Gasteiger partial charge >= 0.3 is 8.80 Å². The van der Waals surface area contributed by atoms with Gasteiger partial charge in [-0.05, 0) is 13.0 Å². The highest BCUT2D eigenvalue weighted by atomic mass is 28.4. The van der Waals surface area contributed by atoms with Crippen LogP contribution in [0.3, 0.4) is 0 Å². The molecule has 0 aliphatic carbocycles. The van der Waals surface area contributed by atoms with E-state index in [9.17, 15) is 0 Å². The van der Waals surface area contributed by atoms with Crippen molar-refractivity contribution in [3.05, 3.63) is 0 Å². The fraction of sp³-hybridized carbons (Fsp3) is 1.00. The fourth-order valence-electron chi connectivity index (χ4n) is 2.96. The highest BCUT2D eigenvalue weighted by Crippen LogP contribution is 2.17. The van der Waals surface area contributed by atoms with Crippen molar-refractivity contribution in [2.75, 3.05) is 79.9 Å². The number of nitrogens with one attached hydrogen (secondary N) is 2. The van der Waals surface area contributed by atoms with E-state index in [0.29, 0.717) is 6.73 Å². The standard InChI is InChI=1S/C14H32N4O3Si/c1-19-22(20-2,21-14-18-11-6-16-7-12-18)13-3-8-17-9-4-15-5-10-17/h15-16H,3-14H2,1-2H3. The van der Waals surface area contributed by atoms with Crippen molar-refractivity contribution in [3.63, 3.8) is 0 Å². The molecule has 0 radical (unpaired) electrons. The van der Waals surface area contributed by atoms with Crippen LogP contribution in [0.2, 0.25) is 6.04 Å². The summed E-state index contributed by atoms with van der Waals surface area (Å²) in [6.45, 7) is 10.3. The Bertz CT molecular complexity index is 296. The molecule has 130 valence electrons. The minimum atomic E-state index is -2.52. The topological polar surface area (TPSA) is 58.2 Å².